The summed E-state index contributed by atoms with van der Waals surface area (Å²) in [4.78, 5) is 12.3. The molecular weight excluding hydrogens is 843 g/mol. The van der Waals surface area contributed by atoms with Gasteiger partial charge in [-0.25, -0.2) is 4.79 Å². The van der Waals surface area contributed by atoms with Crippen LogP contribution in [0.4, 0.5) is 4.79 Å². The number of hydrogen-bond acceptors (Lipinski definition) is 15. The van der Waals surface area contributed by atoms with Gasteiger partial charge in [-0.3, -0.25) is 0 Å². The molecule has 0 bridgehead atoms. The third-order valence-electron chi connectivity index (χ3n) is 9.97. The van der Waals surface area contributed by atoms with Crippen LogP contribution < -0.4 is 5.32 Å². The van der Waals surface area contributed by atoms with E-state index in [2.05, 4.69) is 36.5 Å². The van der Waals surface area contributed by atoms with Gasteiger partial charge in [-0.2, -0.15) is 0 Å². The van der Waals surface area contributed by atoms with Gasteiger partial charge in [0.05, 0.1) is 165 Å². The van der Waals surface area contributed by atoms with E-state index in [1.54, 1.807) is 0 Å². The zero-order valence-corrected chi connectivity index (χ0v) is 39.4. The summed E-state index contributed by atoms with van der Waals surface area (Å²) in [5, 5.41) is 2.75. The molecule has 3 rings (SSSR count). The molecule has 16 heteroatoms. The zero-order valence-electron chi connectivity index (χ0n) is 39.4. The van der Waals surface area contributed by atoms with Crippen molar-refractivity contribution in [3.63, 3.8) is 0 Å². The Hall–Kier alpha value is -2.81. The van der Waals surface area contributed by atoms with Gasteiger partial charge in [0.25, 0.3) is 0 Å². The largest absolute Gasteiger partial charge is 0.449 e. The smallest absolute Gasteiger partial charge is 0.407 e. The molecule has 1 aliphatic rings. The van der Waals surface area contributed by atoms with Gasteiger partial charge in [0.1, 0.15) is 6.61 Å². The summed E-state index contributed by atoms with van der Waals surface area (Å²) < 4.78 is 77.4. The Balaban J connectivity index is 0.901. The number of carbonyl (C=O) groups excluding carboxylic acids is 1. The molecule has 0 unspecified atom stereocenters. The summed E-state index contributed by atoms with van der Waals surface area (Å²) in [5.41, 5.74) is 4.77. The third-order valence-corrected chi connectivity index (χ3v) is 9.97. The van der Waals surface area contributed by atoms with Crippen LogP contribution in [-0.2, 0) is 66.3 Å². The topological polar surface area (TPSA) is 158 Å². The van der Waals surface area contributed by atoms with Crippen LogP contribution in [0.25, 0.3) is 11.1 Å². The molecule has 1 N–H and O–H groups in total. The second-order valence-corrected chi connectivity index (χ2v) is 15.0. The zero-order chi connectivity index (χ0) is 45.8. The number of nitrogens with one attached hydrogen (secondary N) is 1. The van der Waals surface area contributed by atoms with Crippen molar-refractivity contribution in [3.05, 3.63) is 59.7 Å². The van der Waals surface area contributed by atoms with Crippen LogP contribution in [0.1, 0.15) is 62.5 Å². The van der Waals surface area contributed by atoms with E-state index in [0.29, 0.717) is 172 Å². The first-order valence-electron chi connectivity index (χ1n) is 23.9. The van der Waals surface area contributed by atoms with E-state index >= 15 is 0 Å². The molecule has 2 aromatic carbocycles. The van der Waals surface area contributed by atoms with Crippen LogP contribution >= 0.6 is 0 Å². The lowest BCUT2D eigenvalue weighted by molar-refractivity contribution is -0.0290. The minimum atomic E-state index is -0.453. The summed E-state index contributed by atoms with van der Waals surface area (Å²) in [6.45, 7) is 16.2. The number of alkyl carbamates (subject to hydrolysis) is 1. The SMILES string of the molecule is CCCCCCCCOCCOCCOCCOCCOCCOCCOCCOCCOCCOCCOCCOCCOCCNC(=O)OCC1c2ccccc2-c2ccccc21. The highest BCUT2D eigenvalue weighted by atomic mass is 16.6. The average Bonchev–Trinajstić information content (AvgIpc) is 3.65. The van der Waals surface area contributed by atoms with Crippen molar-refractivity contribution in [1.29, 1.82) is 0 Å². The highest BCUT2D eigenvalue weighted by Gasteiger charge is 2.29. The maximum absolute atomic E-state index is 12.3. The van der Waals surface area contributed by atoms with E-state index < -0.39 is 6.09 Å². The first kappa shape index (κ1) is 56.5. The van der Waals surface area contributed by atoms with Crippen molar-refractivity contribution in [2.24, 2.45) is 0 Å². The van der Waals surface area contributed by atoms with Crippen LogP contribution in [0.5, 0.6) is 0 Å². The predicted molar refractivity (Wildman–Crippen MR) is 247 cm³/mol. The van der Waals surface area contributed by atoms with Gasteiger partial charge < -0.3 is 71.6 Å². The summed E-state index contributed by atoms with van der Waals surface area (Å²) in [6.07, 6.45) is 7.20. The first-order valence-corrected chi connectivity index (χ1v) is 23.9. The fraction of sp³-hybridized carbons (Fsp3) is 0.735. The van der Waals surface area contributed by atoms with E-state index in [0.717, 1.165) is 13.0 Å². The third kappa shape index (κ3) is 30.2. The number of ether oxygens (including phenoxy) is 14. The fourth-order valence-electron chi connectivity index (χ4n) is 6.60. The van der Waals surface area contributed by atoms with E-state index in [9.17, 15) is 4.79 Å². The number of benzene rings is 2. The summed E-state index contributed by atoms with van der Waals surface area (Å²) in [5.74, 6) is 0.0344. The summed E-state index contributed by atoms with van der Waals surface area (Å²) >= 11 is 0. The first-order chi connectivity index (χ1) is 32.3. The van der Waals surface area contributed by atoms with Crippen molar-refractivity contribution in [3.8, 4) is 11.1 Å². The maximum Gasteiger partial charge on any atom is 0.407 e. The van der Waals surface area contributed by atoms with Crippen molar-refractivity contribution in [2.75, 3.05) is 185 Å². The predicted octanol–water partition coefficient (Wildman–Crippen LogP) is 6.10. The van der Waals surface area contributed by atoms with Crippen LogP contribution in [0.2, 0.25) is 0 Å². The van der Waals surface area contributed by atoms with Gasteiger partial charge in [-0.05, 0) is 28.7 Å². The summed E-state index contributed by atoms with van der Waals surface area (Å²) in [7, 11) is 0. The highest BCUT2D eigenvalue weighted by Crippen LogP contribution is 2.44. The number of fused-ring (bicyclic) bond motifs is 3. The second kappa shape index (κ2) is 42.5. The Morgan fingerprint density at radius 2 is 0.677 bits per heavy atom. The van der Waals surface area contributed by atoms with Crippen molar-refractivity contribution in [2.45, 2.75) is 51.4 Å². The van der Waals surface area contributed by atoms with Crippen molar-refractivity contribution < 1.29 is 71.1 Å². The van der Waals surface area contributed by atoms with Crippen LogP contribution in [0.3, 0.4) is 0 Å². The normalized spacial score (nSPS) is 12.2. The highest BCUT2D eigenvalue weighted by molar-refractivity contribution is 5.79. The van der Waals surface area contributed by atoms with E-state index in [1.807, 2.05) is 24.3 Å². The molecule has 0 radical (unpaired) electrons. The quantitative estimate of drug-likeness (QED) is 0.0759. The van der Waals surface area contributed by atoms with Gasteiger partial charge in [0, 0.05) is 19.1 Å². The molecule has 1 aliphatic carbocycles. The minimum absolute atomic E-state index is 0.0344. The number of carbonyl (C=O) groups is 1. The molecule has 16 nitrogen and oxygen atoms in total. The minimum Gasteiger partial charge on any atom is -0.449 e. The molecule has 0 atom stereocenters. The Kier molecular flexibility index (Phi) is 37.0. The molecule has 0 aliphatic heterocycles. The van der Waals surface area contributed by atoms with Crippen LogP contribution in [0.15, 0.2) is 48.5 Å². The number of rotatable bonds is 48. The standard InChI is InChI=1S/C49H81NO15/c1-2-3-4-5-6-11-17-52-19-21-54-23-25-56-27-29-58-31-33-60-35-37-62-39-41-64-42-40-63-38-36-61-34-32-59-30-28-57-26-24-55-22-20-53-18-16-50-49(51)65-43-48-46-14-9-7-12-44(46)45-13-8-10-15-47(45)48/h7-10,12-15,48H,2-6,11,16-43H2,1H3,(H,50,51). The van der Waals surface area contributed by atoms with Gasteiger partial charge in [0.15, 0.2) is 0 Å². The average molecular weight is 924 g/mol. The van der Waals surface area contributed by atoms with Gasteiger partial charge in [-0.1, -0.05) is 87.6 Å². The summed E-state index contributed by atoms with van der Waals surface area (Å²) in [6, 6.07) is 16.5. The number of hydrogen-bond donors (Lipinski definition) is 1. The molecule has 65 heavy (non-hydrogen) atoms. The second-order valence-electron chi connectivity index (χ2n) is 15.0. The lowest BCUT2D eigenvalue weighted by atomic mass is 9.98. The lowest BCUT2D eigenvalue weighted by Crippen LogP contribution is -2.29. The van der Waals surface area contributed by atoms with Crippen molar-refractivity contribution >= 4 is 6.09 Å². The molecule has 2 aromatic rings. The molecule has 1 amide bonds. The Morgan fingerprint density at radius 1 is 0.385 bits per heavy atom. The lowest BCUT2D eigenvalue weighted by Gasteiger charge is -2.14. The molecule has 0 saturated carbocycles. The van der Waals surface area contributed by atoms with E-state index in [-0.39, 0.29) is 12.5 Å². The molecule has 372 valence electrons. The molecule has 0 fully saturated rings. The van der Waals surface area contributed by atoms with Crippen LogP contribution in [0, 0.1) is 0 Å². The van der Waals surface area contributed by atoms with E-state index in [1.165, 1.54) is 54.4 Å². The van der Waals surface area contributed by atoms with Gasteiger partial charge >= 0.3 is 6.09 Å². The van der Waals surface area contributed by atoms with Crippen molar-refractivity contribution in [1.82, 2.24) is 5.32 Å². The number of unbranched alkanes of at least 4 members (excludes halogenated alkanes) is 5. The maximum atomic E-state index is 12.3. The molecule has 0 spiro atoms. The number of amides is 1. The Morgan fingerprint density at radius 3 is 1.03 bits per heavy atom. The van der Waals surface area contributed by atoms with Crippen LogP contribution in [-0.4, -0.2) is 191 Å². The fourth-order valence-corrected chi connectivity index (χ4v) is 6.60. The Bertz CT molecular complexity index is 1330. The van der Waals surface area contributed by atoms with Gasteiger partial charge in [0.2, 0.25) is 0 Å². The Labute approximate surface area is 388 Å². The molecular formula is C49H81NO15. The monoisotopic (exact) mass is 924 g/mol. The molecule has 0 saturated heterocycles. The van der Waals surface area contributed by atoms with E-state index in [4.69, 9.17) is 66.3 Å². The van der Waals surface area contributed by atoms with Gasteiger partial charge in [-0.15, -0.1) is 0 Å². The molecule has 0 heterocycles. The molecule has 0 aromatic heterocycles.